The molecule has 17 heavy (non-hydrogen) atoms. The van der Waals surface area contributed by atoms with Crippen LogP contribution in [0.25, 0.3) is 0 Å². The van der Waals surface area contributed by atoms with Gasteiger partial charge >= 0.3 is 0 Å². The monoisotopic (exact) mass is 257 g/mol. The molecule has 1 aromatic carbocycles. The van der Waals surface area contributed by atoms with Gasteiger partial charge in [0.25, 0.3) is 0 Å². The van der Waals surface area contributed by atoms with E-state index in [0.29, 0.717) is 30.9 Å². The highest BCUT2D eigenvalue weighted by molar-refractivity contribution is 6.30. The highest BCUT2D eigenvalue weighted by atomic mass is 35.5. The number of hydrogen-bond acceptors (Lipinski definition) is 3. The minimum Gasteiger partial charge on any atom is -0.491 e. The normalized spacial score (nSPS) is 10.8. The summed E-state index contributed by atoms with van der Waals surface area (Å²) in [5.41, 5.74) is 0. The molecule has 0 bridgehead atoms. The molecule has 1 rings (SSSR count). The molecule has 0 saturated heterocycles. The molecule has 1 N–H and O–H groups in total. The van der Waals surface area contributed by atoms with Gasteiger partial charge in [0, 0.05) is 17.6 Å². The first kappa shape index (κ1) is 14.3. The molecule has 0 aromatic heterocycles. The summed E-state index contributed by atoms with van der Waals surface area (Å²) in [4.78, 5) is 0. The van der Waals surface area contributed by atoms with Crippen LogP contribution in [0.15, 0.2) is 24.3 Å². The molecule has 0 aliphatic heterocycles. The quantitative estimate of drug-likeness (QED) is 0.727. The smallest absolute Gasteiger partial charge is 0.120 e. The summed E-state index contributed by atoms with van der Waals surface area (Å²) >= 11 is 5.84. The minimum atomic E-state index is 0.501. The Labute approximate surface area is 108 Å². The first-order valence-corrected chi connectivity index (χ1v) is 6.26. The number of benzene rings is 1. The fourth-order valence-corrected chi connectivity index (χ4v) is 1.48. The Balaban J connectivity index is 2.01. The molecule has 0 heterocycles. The van der Waals surface area contributed by atoms with Crippen LogP contribution in [0.4, 0.5) is 0 Å². The lowest BCUT2D eigenvalue weighted by Gasteiger charge is -2.09. The molecule has 0 aliphatic rings. The van der Waals surface area contributed by atoms with E-state index < -0.39 is 0 Å². The number of halogens is 1. The van der Waals surface area contributed by atoms with Crippen LogP contribution in [-0.2, 0) is 4.74 Å². The van der Waals surface area contributed by atoms with Gasteiger partial charge in [-0.2, -0.15) is 0 Å². The van der Waals surface area contributed by atoms with Crippen LogP contribution < -0.4 is 10.1 Å². The summed E-state index contributed by atoms with van der Waals surface area (Å²) < 4.78 is 10.9. The molecule has 0 amide bonds. The maximum absolute atomic E-state index is 5.84. The maximum atomic E-state index is 5.84. The number of ether oxygens (including phenoxy) is 2. The Bertz CT molecular complexity index is 318. The molecular weight excluding hydrogens is 238 g/mol. The van der Waals surface area contributed by atoms with Crippen molar-refractivity contribution in [3.63, 3.8) is 0 Å². The third-order valence-electron chi connectivity index (χ3n) is 2.09. The van der Waals surface area contributed by atoms with Crippen molar-refractivity contribution in [2.24, 2.45) is 0 Å². The highest BCUT2D eigenvalue weighted by Gasteiger charge is 1.95. The number of hydrogen-bond donors (Lipinski definition) is 1. The van der Waals surface area contributed by atoms with Gasteiger partial charge in [0.2, 0.25) is 0 Å². The van der Waals surface area contributed by atoms with Gasteiger partial charge in [-0.25, -0.2) is 0 Å². The Morgan fingerprint density at radius 3 is 2.76 bits per heavy atom. The molecule has 96 valence electrons. The maximum Gasteiger partial charge on any atom is 0.120 e. The molecule has 0 radical (unpaired) electrons. The van der Waals surface area contributed by atoms with E-state index in [-0.39, 0.29) is 0 Å². The summed E-state index contributed by atoms with van der Waals surface area (Å²) in [6.45, 7) is 6.94. The Morgan fingerprint density at radius 2 is 2.06 bits per heavy atom. The zero-order valence-corrected chi connectivity index (χ0v) is 11.2. The first-order valence-electron chi connectivity index (χ1n) is 5.88. The van der Waals surface area contributed by atoms with Crippen molar-refractivity contribution in [3.05, 3.63) is 29.3 Å². The summed E-state index contributed by atoms with van der Waals surface area (Å²) in [5, 5.41) is 3.96. The second-order valence-electron chi connectivity index (χ2n) is 4.03. The van der Waals surface area contributed by atoms with E-state index in [4.69, 9.17) is 21.1 Å². The molecule has 3 nitrogen and oxygen atoms in total. The Morgan fingerprint density at radius 1 is 1.24 bits per heavy atom. The predicted octanol–water partition coefficient (Wildman–Crippen LogP) is 2.73. The molecule has 0 fully saturated rings. The summed E-state index contributed by atoms with van der Waals surface area (Å²) in [5.74, 6) is 0.779. The number of nitrogens with one attached hydrogen (secondary N) is 1. The van der Waals surface area contributed by atoms with Gasteiger partial charge < -0.3 is 14.8 Å². The molecule has 0 aliphatic carbocycles. The zero-order valence-electron chi connectivity index (χ0n) is 10.4. The van der Waals surface area contributed by atoms with E-state index in [1.54, 1.807) is 6.07 Å². The lowest BCUT2D eigenvalue weighted by molar-refractivity contribution is 0.101. The van der Waals surface area contributed by atoms with Gasteiger partial charge in [0.05, 0.1) is 13.2 Å². The van der Waals surface area contributed by atoms with Crippen LogP contribution in [0.3, 0.4) is 0 Å². The lowest BCUT2D eigenvalue weighted by atomic mass is 10.3. The molecule has 1 aromatic rings. The second kappa shape index (κ2) is 8.34. The van der Waals surface area contributed by atoms with E-state index in [1.807, 2.05) is 18.2 Å². The van der Waals surface area contributed by atoms with Crippen LogP contribution in [-0.4, -0.2) is 32.4 Å². The molecule has 0 atom stereocenters. The van der Waals surface area contributed by atoms with Crippen LogP contribution in [0.1, 0.15) is 13.8 Å². The van der Waals surface area contributed by atoms with E-state index in [9.17, 15) is 0 Å². The third-order valence-corrected chi connectivity index (χ3v) is 2.33. The lowest BCUT2D eigenvalue weighted by Crippen LogP contribution is -2.27. The average molecular weight is 258 g/mol. The van der Waals surface area contributed by atoms with Crippen molar-refractivity contribution in [2.75, 3.05) is 26.4 Å². The fourth-order valence-electron chi connectivity index (χ4n) is 1.30. The van der Waals surface area contributed by atoms with Crippen molar-refractivity contribution < 1.29 is 9.47 Å². The summed E-state index contributed by atoms with van der Waals surface area (Å²) in [7, 11) is 0. The van der Waals surface area contributed by atoms with E-state index in [1.165, 1.54) is 0 Å². The summed E-state index contributed by atoms with van der Waals surface area (Å²) in [6.07, 6.45) is 0. The second-order valence-corrected chi connectivity index (χ2v) is 4.46. The minimum absolute atomic E-state index is 0.501. The predicted molar refractivity (Wildman–Crippen MR) is 70.9 cm³/mol. The SMILES string of the molecule is CC(C)NCCOCCOc1cccc(Cl)c1. The Hall–Kier alpha value is -0.770. The van der Waals surface area contributed by atoms with Gasteiger partial charge in [-0.15, -0.1) is 0 Å². The average Bonchev–Trinajstić information content (AvgIpc) is 2.27. The first-order chi connectivity index (χ1) is 8.18. The van der Waals surface area contributed by atoms with Crippen molar-refractivity contribution in [2.45, 2.75) is 19.9 Å². The van der Waals surface area contributed by atoms with Crippen LogP contribution >= 0.6 is 11.6 Å². The standard InChI is InChI=1S/C13H20ClNO2/c1-11(2)15-6-7-16-8-9-17-13-5-3-4-12(14)10-13/h3-5,10-11,15H,6-9H2,1-2H3. The van der Waals surface area contributed by atoms with Crippen molar-refractivity contribution in [3.8, 4) is 5.75 Å². The van der Waals surface area contributed by atoms with Crippen molar-refractivity contribution >= 4 is 11.6 Å². The molecular formula is C13H20ClNO2. The third kappa shape index (κ3) is 7.21. The van der Waals surface area contributed by atoms with E-state index in [0.717, 1.165) is 12.3 Å². The Kier molecular flexibility index (Phi) is 7.01. The van der Waals surface area contributed by atoms with Gasteiger partial charge in [-0.05, 0) is 18.2 Å². The van der Waals surface area contributed by atoms with Crippen LogP contribution in [0.2, 0.25) is 5.02 Å². The molecule has 0 saturated carbocycles. The van der Waals surface area contributed by atoms with Gasteiger partial charge in [-0.3, -0.25) is 0 Å². The largest absolute Gasteiger partial charge is 0.491 e. The molecule has 4 heteroatoms. The van der Waals surface area contributed by atoms with Gasteiger partial charge in [-0.1, -0.05) is 31.5 Å². The van der Waals surface area contributed by atoms with Crippen molar-refractivity contribution in [1.29, 1.82) is 0 Å². The molecule has 0 unspecified atom stereocenters. The highest BCUT2D eigenvalue weighted by Crippen LogP contribution is 2.16. The van der Waals surface area contributed by atoms with Crippen LogP contribution in [0, 0.1) is 0 Å². The van der Waals surface area contributed by atoms with E-state index in [2.05, 4.69) is 19.2 Å². The summed E-state index contributed by atoms with van der Waals surface area (Å²) in [6, 6.07) is 7.86. The van der Waals surface area contributed by atoms with E-state index >= 15 is 0 Å². The van der Waals surface area contributed by atoms with Crippen LogP contribution in [0.5, 0.6) is 5.75 Å². The molecule has 0 spiro atoms. The van der Waals surface area contributed by atoms with Gasteiger partial charge in [0.1, 0.15) is 12.4 Å². The zero-order chi connectivity index (χ0) is 12.5. The van der Waals surface area contributed by atoms with Gasteiger partial charge in [0.15, 0.2) is 0 Å². The number of rotatable bonds is 8. The van der Waals surface area contributed by atoms with Crippen molar-refractivity contribution in [1.82, 2.24) is 5.32 Å². The topological polar surface area (TPSA) is 30.5 Å². The fraction of sp³-hybridized carbons (Fsp3) is 0.538.